The van der Waals surface area contributed by atoms with Crippen LogP contribution in [0.15, 0.2) is 24.3 Å². The predicted octanol–water partition coefficient (Wildman–Crippen LogP) is 0.979. The number of hydrogen-bond acceptors (Lipinski definition) is 3. The van der Waals surface area contributed by atoms with Gasteiger partial charge in [0, 0.05) is 6.54 Å². The fraction of sp³-hybridized carbons (Fsp3) is 0.400. The van der Waals surface area contributed by atoms with Gasteiger partial charge in [-0.3, -0.25) is 0 Å². The summed E-state index contributed by atoms with van der Waals surface area (Å²) in [4.78, 5) is 0. The maximum absolute atomic E-state index is 9.28. The number of halogens is 1. The topological polar surface area (TPSA) is 55.5 Å². The zero-order valence-corrected chi connectivity index (χ0v) is 8.96. The Bertz CT molecular complexity index is 251. The molecule has 4 heteroatoms. The van der Waals surface area contributed by atoms with Gasteiger partial charge in [-0.1, -0.05) is 12.1 Å². The first-order chi connectivity index (χ1) is 6.26. The van der Waals surface area contributed by atoms with E-state index < -0.39 is 6.10 Å². The molecule has 0 fully saturated rings. The quantitative estimate of drug-likeness (QED) is 0.791. The predicted molar refractivity (Wildman–Crippen MR) is 59.0 cm³/mol. The third kappa shape index (κ3) is 3.96. The van der Waals surface area contributed by atoms with E-state index in [1.54, 1.807) is 7.11 Å². The second-order valence-corrected chi connectivity index (χ2v) is 2.94. The van der Waals surface area contributed by atoms with Crippen molar-refractivity contribution in [1.82, 2.24) is 0 Å². The Morgan fingerprint density at radius 2 is 1.93 bits per heavy atom. The Kier molecular flexibility index (Phi) is 6.28. The van der Waals surface area contributed by atoms with Crippen LogP contribution in [0.4, 0.5) is 0 Å². The second-order valence-electron chi connectivity index (χ2n) is 2.94. The van der Waals surface area contributed by atoms with Crippen LogP contribution in [0.3, 0.4) is 0 Å². The number of aliphatic hydroxyl groups excluding tert-OH is 1. The van der Waals surface area contributed by atoms with Crippen molar-refractivity contribution < 1.29 is 9.84 Å². The second kappa shape index (κ2) is 6.65. The van der Waals surface area contributed by atoms with E-state index in [9.17, 15) is 5.11 Å². The van der Waals surface area contributed by atoms with Gasteiger partial charge in [0.05, 0.1) is 13.2 Å². The van der Waals surface area contributed by atoms with Crippen LogP contribution in [0.2, 0.25) is 0 Å². The van der Waals surface area contributed by atoms with Crippen LogP contribution in [0, 0.1) is 0 Å². The van der Waals surface area contributed by atoms with Gasteiger partial charge in [-0.2, -0.15) is 0 Å². The highest BCUT2D eigenvalue weighted by Gasteiger charge is 2.02. The molecule has 1 atom stereocenters. The monoisotopic (exact) mass is 217 g/mol. The van der Waals surface area contributed by atoms with Crippen LogP contribution >= 0.6 is 12.4 Å². The minimum absolute atomic E-state index is 0. The number of nitrogens with two attached hydrogens (primary N) is 1. The molecule has 0 aromatic heterocycles. The first-order valence-electron chi connectivity index (χ1n) is 4.27. The van der Waals surface area contributed by atoms with Crippen molar-refractivity contribution in [1.29, 1.82) is 0 Å². The SMILES string of the molecule is COc1ccc(CC(O)CN)cc1.Cl. The molecule has 1 rings (SSSR count). The number of ether oxygens (including phenoxy) is 1. The van der Waals surface area contributed by atoms with Crippen LogP contribution in [0.1, 0.15) is 5.56 Å². The minimum Gasteiger partial charge on any atom is -0.497 e. The fourth-order valence-electron chi connectivity index (χ4n) is 1.12. The Morgan fingerprint density at radius 3 is 2.36 bits per heavy atom. The third-order valence-corrected chi connectivity index (χ3v) is 1.90. The van der Waals surface area contributed by atoms with Crippen molar-refractivity contribution in [2.75, 3.05) is 13.7 Å². The Labute approximate surface area is 90.3 Å². The van der Waals surface area contributed by atoms with Crippen molar-refractivity contribution >= 4 is 12.4 Å². The lowest BCUT2D eigenvalue weighted by Crippen LogP contribution is -2.21. The smallest absolute Gasteiger partial charge is 0.118 e. The van der Waals surface area contributed by atoms with Crippen molar-refractivity contribution in [2.24, 2.45) is 5.73 Å². The van der Waals surface area contributed by atoms with E-state index in [4.69, 9.17) is 10.5 Å². The van der Waals surface area contributed by atoms with Crippen molar-refractivity contribution in [2.45, 2.75) is 12.5 Å². The summed E-state index contributed by atoms with van der Waals surface area (Å²) in [5, 5.41) is 9.28. The van der Waals surface area contributed by atoms with Crippen molar-refractivity contribution in [3.63, 3.8) is 0 Å². The van der Waals surface area contributed by atoms with Gasteiger partial charge in [0.25, 0.3) is 0 Å². The summed E-state index contributed by atoms with van der Waals surface area (Å²) < 4.78 is 5.01. The molecule has 0 heterocycles. The largest absolute Gasteiger partial charge is 0.497 e. The Balaban J connectivity index is 0.00000169. The average molecular weight is 218 g/mol. The summed E-state index contributed by atoms with van der Waals surface area (Å²) in [7, 11) is 1.63. The number of rotatable bonds is 4. The molecule has 80 valence electrons. The molecule has 3 nitrogen and oxygen atoms in total. The Morgan fingerprint density at radius 1 is 1.36 bits per heavy atom. The van der Waals surface area contributed by atoms with Gasteiger partial charge in [-0.15, -0.1) is 12.4 Å². The van der Waals surface area contributed by atoms with Gasteiger partial charge in [0.2, 0.25) is 0 Å². The molecule has 0 saturated heterocycles. The fourth-order valence-corrected chi connectivity index (χ4v) is 1.12. The van der Waals surface area contributed by atoms with Crippen LogP contribution < -0.4 is 10.5 Å². The van der Waals surface area contributed by atoms with Gasteiger partial charge in [0.1, 0.15) is 5.75 Å². The summed E-state index contributed by atoms with van der Waals surface area (Å²) in [6, 6.07) is 7.60. The molecule has 0 saturated carbocycles. The molecule has 0 aliphatic heterocycles. The van der Waals surface area contributed by atoms with E-state index in [0.29, 0.717) is 13.0 Å². The Hall–Kier alpha value is -0.770. The van der Waals surface area contributed by atoms with Crippen molar-refractivity contribution in [3.8, 4) is 5.75 Å². The summed E-state index contributed by atoms with van der Waals surface area (Å²) in [6.07, 6.45) is 0.147. The molecule has 0 radical (unpaired) electrons. The number of hydrogen-bond donors (Lipinski definition) is 2. The molecule has 0 aliphatic carbocycles. The molecule has 14 heavy (non-hydrogen) atoms. The zero-order chi connectivity index (χ0) is 9.68. The molecule has 1 aromatic rings. The van der Waals surface area contributed by atoms with E-state index in [1.165, 1.54) is 0 Å². The van der Waals surface area contributed by atoms with Gasteiger partial charge in [-0.25, -0.2) is 0 Å². The molecule has 0 amide bonds. The summed E-state index contributed by atoms with van der Waals surface area (Å²) in [5.41, 5.74) is 6.37. The lowest BCUT2D eigenvalue weighted by Gasteiger charge is -2.07. The number of benzene rings is 1. The standard InChI is InChI=1S/C10H15NO2.ClH/c1-13-10-4-2-8(3-5-10)6-9(12)7-11;/h2-5,9,12H,6-7,11H2,1H3;1H. The number of aliphatic hydroxyl groups is 1. The molecular formula is C10H16ClNO2. The van der Waals surface area contributed by atoms with Crippen molar-refractivity contribution in [3.05, 3.63) is 29.8 Å². The zero-order valence-electron chi connectivity index (χ0n) is 8.14. The van der Waals surface area contributed by atoms with Gasteiger partial charge in [-0.05, 0) is 24.1 Å². The normalized spacial score (nSPS) is 11.6. The van der Waals surface area contributed by atoms with Gasteiger partial charge < -0.3 is 15.6 Å². The van der Waals surface area contributed by atoms with Crippen LogP contribution in [0.5, 0.6) is 5.75 Å². The van der Waals surface area contributed by atoms with Gasteiger partial charge >= 0.3 is 0 Å². The highest BCUT2D eigenvalue weighted by molar-refractivity contribution is 5.85. The average Bonchev–Trinajstić information content (AvgIpc) is 2.19. The van der Waals surface area contributed by atoms with E-state index in [1.807, 2.05) is 24.3 Å². The lowest BCUT2D eigenvalue weighted by atomic mass is 10.1. The highest BCUT2D eigenvalue weighted by Crippen LogP contribution is 2.12. The third-order valence-electron chi connectivity index (χ3n) is 1.90. The van der Waals surface area contributed by atoms with Crippen LogP contribution in [0.25, 0.3) is 0 Å². The summed E-state index contributed by atoms with van der Waals surface area (Å²) >= 11 is 0. The molecule has 0 aliphatic rings. The molecule has 3 N–H and O–H groups in total. The maximum Gasteiger partial charge on any atom is 0.118 e. The molecule has 0 bridgehead atoms. The molecule has 0 spiro atoms. The minimum atomic E-state index is -0.451. The maximum atomic E-state index is 9.28. The molecular weight excluding hydrogens is 202 g/mol. The van der Waals surface area contributed by atoms with E-state index in [0.717, 1.165) is 11.3 Å². The van der Waals surface area contributed by atoms with E-state index in [2.05, 4.69) is 0 Å². The molecule has 1 aromatic carbocycles. The molecule has 1 unspecified atom stereocenters. The first kappa shape index (κ1) is 13.2. The number of methoxy groups -OCH3 is 1. The summed E-state index contributed by atoms with van der Waals surface area (Å²) in [6.45, 7) is 0.298. The lowest BCUT2D eigenvalue weighted by molar-refractivity contribution is 0.183. The van der Waals surface area contributed by atoms with E-state index in [-0.39, 0.29) is 12.4 Å². The summed E-state index contributed by atoms with van der Waals surface area (Å²) in [5.74, 6) is 0.825. The van der Waals surface area contributed by atoms with Crippen LogP contribution in [-0.2, 0) is 6.42 Å². The van der Waals surface area contributed by atoms with Gasteiger partial charge in [0.15, 0.2) is 0 Å². The first-order valence-corrected chi connectivity index (χ1v) is 4.27. The van der Waals surface area contributed by atoms with E-state index >= 15 is 0 Å². The highest BCUT2D eigenvalue weighted by atomic mass is 35.5. The van der Waals surface area contributed by atoms with Crippen LogP contribution in [-0.4, -0.2) is 24.9 Å².